The fraction of sp³-hybridized carbons (Fsp3) is 0.480. The molecule has 2 aromatic carbocycles. The molecule has 2 rings (SSSR count). The average Bonchev–Trinajstić information content (AvgIpc) is 2.74. The van der Waals surface area contributed by atoms with Gasteiger partial charge in [-0.2, -0.15) is 0 Å². The van der Waals surface area contributed by atoms with Gasteiger partial charge in [-0.3, -0.25) is 4.79 Å². The molecule has 0 amide bonds. The van der Waals surface area contributed by atoms with E-state index in [0.29, 0.717) is 13.2 Å². The number of rotatable bonds is 14. The van der Waals surface area contributed by atoms with Gasteiger partial charge in [0.1, 0.15) is 11.5 Å². The van der Waals surface area contributed by atoms with E-state index >= 15 is 0 Å². The second kappa shape index (κ2) is 12.9. The SMILES string of the molecule is CCCCCOc1ccc(C(CC(=O)O)c2ccc(OCCCCC)cc2)cc1. The van der Waals surface area contributed by atoms with Gasteiger partial charge in [0.15, 0.2) is 0 Å². The largest absolute Gasteiger partial charge is 0.494 e. The van der Waals surface area contributed by atoms with Crippen LogP contribution in [0, 0.1) is 0 Å². The molecular formula is C25H34O4. The van der Waals surface area contributed by atoms with Crippen LogP contribution in [-0.2, 0) is 4.79 Å². The fourth-order valence-corrected chi connectivity index (χ4v) is 3.28. The lowest BCUT2D eigenvalue weighted by Crippen LogP contribution is -2.08. The van der Waals surface area contributed by atoms with E-state index in [4.69, 9.17) is 9.47 Å². The minimum Gasteiger partial charge on any atom is -0.494 e. The molecule has 0 aromatic heterocycles. The molecule has 0 saturated heterocycles. The van der Waals surface area contributed by atoms with Crippen molar-refractivity contribution in [2.75, 3.05) is 13.2 Å². The average molecular weight is 399 g/mol. The van der Waals surface area contributed by atoms with Crippen molar-refractivity contribution in [3.8, 4) is 11.5 Å². The fourth-order valence-electron chi connectivity index (χ4n) is 3.28. The van der Waals surface area contributed by atoms with E-state index in [1.807, 2.05) is 48.5 Å². The summed E-state index contributed by atoms with van der Waals surface area (Å²) in [5.41, 5.74) is 1.95. The summed E-state index contributed by atoms with van der Waals surface area (Å²) in [7, 11) is 0. The van der Waals surface area contributed by atoms with Crippen molar-refractivity contribution in [3.05, 3.63) is 59.7 Å². The molecule has 0 radical (unpaired) electrons. The van der Waals surface area contributed by atoms with E-state index in [0.717, 1.165) is 48.3 Å². The third-order valence-electron chi connectivity index (χ3n) is 4.98. The second-order valence-electron chi connectivity index (χ2n) is 7.40. The molecule has 0 aliphatic rings. The standard InChI is InChI=1S/C25H34O4/c1-3-5-7-17-28-22-13-9-20(10-14-22)24(19-25(26)27)21-11-15-23(16-12-21)29-18-8-6-4-2/h9-16,24H,3-8,17-19H2,1-2H3,(H,26,27). The maximum absolute atomic E-state index is 11.4. The van der Waals surface area contributed by atoms with Gasteiger partial charge in [0.05, 0.1) is 19.6 Å². The number of carboxylic acid groups (broad SMARTS) is 1. The zero-order valence-electron chi connectivity index (χ0n) is 17.7. The lowest BCUT2D eigenvalue weighted by Gasteiger charge is -2.17. The molecule has 0 aliphatic carbocycles. The Morgan fingerprint density at radius 3 is 1.52 bits per heavy atom. The summed E-state index contributed by atoms with van der Waals surface area (Å²) < 4.78 is 11.5. The van der Waals surface area contributed by atoms with Gasteiger partial charge in [0.25, 0.3) is 0 Å². The van der Waals surface area contributed by atoms with Crippen LogP contribution in [0.3, 0.4) is 0 Å². The van der Waals surface area contributed by atoms with Gasteiger partial charge in [-0.15, -0.1) is 0 Å². The van der Waals surface area contributed by atoms with Gasteiger partial charge in [-0.1, -0.05) is 63.8 Å². The first-order valence-electron chi connectivity index (χ1n) is 10.8. The molecule has 0 saturated carbocycles. The lowest BCUT2D eigenvalue weighted by molar-refractivity contribution is -0.137. The van der Waals surface area contributed by atoms with Gasteiger partial charge in [0, 0.05) is 5.92 Å². The Morgan fingerprint density at radius 1 is 0.759 bits per heavy atom. The molecule has 4 heteroatoms. The molecule has 29 heavy (non-hydrogen) atoms. The Bertz CT molecular complexity index is 651. The molecule has 0 unspecified atom stereocenters. The third kappa shape index (κ3) is 8.18. The van der Waals surface area contributed by atoms with Crippen molar-refractivity contribution in [1.29, 1.82) is 0 Å². The summed E-state index contributed by atoms with van der Waals surface area (Å²) in [6.07, 6.45) is 6.81. The molecule has 0 fully saturated rings. The maximum Gasteiger partial charge on any atom is 0.304 e. The quantitative estimate of drug-likeness (QED) is 0.372. The predicted molar refractivity (Wildman–Crippen MR) is 117 cm³/mol. The first-order chi connectivity index (χ1) is 14.1. The zero-order valence-corrected chi connectivity index (χ0v) is 17.7. The van der Waals surface area contributed by atoms with Crippen LogP contribution in [0.2, 0.25) is 0 Å². The van der Waals surface area contributed by atoms with E-state index in [9.17, 15) is 9.90 Å². The van der Waals surface area contributed by atoms with Crippen LogP contribution in [-0.4, -0.2) is 24.3 Å². The molecule has 158 valence electrons. The molecule has 0 heterocycles. The number of ether oxygens (including phenoxy) is 2. The van der Waals surface area contributed by atoms with Crippen LogP contribution >= 0.6 is 0 Å². The third-order valence-corrected chi connectivity index (χ3v) is 4.98. The smallest absolute Gasteiger partial charge is 0.304 e. The Labute approximate surface area is 174 Å². The Balaban J connectivity index is 2.03. The lowest BCUT2D eigenvalue weighted by atomic mass is 9.88. The van der Waals surface area contributed by atoms with Gasteiger partial charge >= 0.3 is 5.97 Å². The van der Waals surface area contributed by atoms with Crippen LogP contribution in [0.15, 0.2) is 48.5 Å². The Kier molecular flexibility index (Phi) is 10.1. The van der Waals surface area contributed by atoms with Crippen molar-refractivity contribution >= 4 is 5.97 Å². The van der Waals surface area contributed by atoms with Crippen molar-refractivity contribution in [1.82, 2.24) is 0 Å². The molecule has 0 aliphatic heterocycles. The molecule has 0 atom stereocenters. The summed E-state index contributed by atoms with van der Waals surface area (Å²) in [6.45, 7) is 5.77. The van der Waals surface area contributed by atoms with Gasteiger partial charge in [0.2, 0.25) is 0 Å². The van der Waals surface area contributed by atoms with E-state index in [1.165, 1.54) is 12.8 Å². The number of hydrogen-bond acceptors (Lipinski definition) is 3. The number of hydrogen-bond donors (Lipinski definition) is 1. The number of carbonyl (C=O) groups is 1. The van der Waals surface area contributed by atoms with Crippen LogP contribution in [0.25, 0.3) is 0 Å². The number of carboxylic acids is 1. The maximum atomic E-state index is 11.4. The summed E-state index contributed by atoms with van der Waals surface area (Å²) in [5.74, 6) is 0.648. The highest BCUT2D eigenvalue weighted by atomic mass is 16.5. The molecule has 4 nitrogen and oxygen atoms in total. The van der Waals surface area contributed by atoms with Gasteiger partial charge in [-0.05, 0) is 48.2 Å². The second-order valence-corrected chi connectivity index (χ2v) is 7.40. The van der Waals surface area contributed by atoms with Crippen LogP contribution in [0.5, 0.6) is 11.5 Å². The van der Waals surface area contributed by atoms with E-state index < -0.39 is 5.97 Å². The van der Waals surface area contributed by atoms with Crippen molar-refractivity contribution in [2.45, 2.75) is 64.7 Å². The zero-order chi connectivity index (χ0) is 20.9. The number of unbranched alkanes of at least 4 members (excludes halogenated alkanes) is 4. The summed E-state index contributed by atoms with van der Waals surface area (Å²) in [5, 5.41) is 9.40. The highest BCUT2D eigenvalue weighted by molar-refractivity contribution is 5.69. The van der Waals surface area contributed by atoms with Crippen molar-refractivity contribution < 1.29 is 19.4 Å². The summed E-state index contributed by atoms with van der Waals surface area (Å²) in [6, 6.07) is 15.6. The number of benzene rings is 2. The highest BCUT2D eigenvalue weighted by Crippen LogP contribution is 2.30. The minimum atomic E-state index is -0.810. The van der Waals surface area contributed by atoms with Crippen LogP contribution < -0.4 is 9.47 Å². The Hall–Kier alpha value is -2.49. The molecule has 1 N–H and O–H groups in total. The molecule has 2 aromatic rings. The Morgan fingerprint density at radius 2 is 1.17 bits per heavy atom. The van der Waals surface area contributed by atoms with Crippen LogP contribution in [0.4, 0.5) is 0 Å². The van der Waals surface area contributed by atoms with Crippen molar-refractivity contribution in [3.63, 3.8) is 0 Å². The highest BCUT2D eigenvalue weighted by Gasteiger charge is 2.18. The predicted octanol–water partition coefficient (Wildman–Crippen LogP) is 6.43. The van der Waals surface area contributed by atoms with E-state index in [2.05, 4.69) is 13.8 Å². The molecule has 0 bridgehead atoms. The topological polar surface area (TPSA) is 55.8 Å². The summed E-state index contributed by atoms with van der Waals surface area (Å²) in [4.78, 5) is 11.4. The monoisotopic (exact) mass is 398 g/mol. The minimum absolute atomic E-state index is 0.0490. The van der Waals surface area contributed by atoms with E-state index in [1.54, 1.807) is 0 Å². The normalized spacial score (nSPS) is 10.9. The summed E-state index contributed by atoms with van der Waals surface area (Å²) >= 11 is 0. The van der Waals surface area contributed by atoms with Crippen LogP contribution in [0.1, 0.15) is 75.8 Å². The number of aliphatic carboxylic acids is 1. The molecule has 0 spiro atoms. The first-order valence-corrected chi connectivity index (χ1v) is 10.8. The van der Waals surface area contributed by atoms with Gasteiger partial charge in [-0.25, -0.2) is 0 Å². The first kappa shape index (κ1) is 22.8. The van der Waals surface area contributed by atoms with Crippen molar-refractivity contribution in [2.24, 2.45) is 0 Å². The van der Waals surface area contributed by atoms with E-state index in [-0.39, 0.29) is 12.3 Å². The van der Waals surface area contributed by atoms with Gasteiger partial charge < -0.3 is 14.6 Å². The molecular weight excluding hydrogens is 364 g/mol.